The van der Waals surface area contributed by atoms with Crippen LogP contribution in [0.5, 0.6) is 5.75 Å². The number of halogens is 1. The maximum Gasteiger partial charge on any atom is 0.295 e. The number of ether oxygens (including phenoxy) is 1. The number of amides is 1. The zero-order valence-corrected chi connectivity index (χ0v) is 19.2. The number of Topliss-reactive ketones (excluding diaryl/α,β-unsaturated/α-hetero) is 1. The molecule has 33 heavy (non-hydrogen) atoms. The Morgan fingerprint density at radius 3 is 2.52 bits per heavy atom. The normalized spacial score (nSPS) is 21.5. The van der Waals surface area contributed by atoms with E-state index < -0.39 is 23.5 Å². The molecule has 0 aromatic heterocycles. The molecular weight excluding hydrogens is 423 g/mol. The number of hydrogen-bond donors (Lipinski definition) is 1. The van der Waals surface area contributed by atoms with Crippen molar-refractivity contribution in [1.82, 2.24) is 9.80 Å². The summed E-state index contributed by atoms with van der Waals surface area (Å²) in [6.45, 7) is 8.58. The van der Waals surface area contributed by atoms with Crippen molar-refractivity contribution in [1.29, 1.82) is 0 Å². The second kappa shape index (κ2) is 9.35. The van der Waals surface area contributed by atoms with Crippen molar-refractivity contribution in [2.45, 2.75) is 39.3 Å². The summed E-state index contributed by atoms with van der Waals surface area (Å²) in [4.78, 5) is 29.8. The maximum atomic E-state index is 13.6. The van der Waals surface area contributed by atoms with Crippen molar-refractivity contribution >= 4 is 17.4 Å². The molecule has 0 bridgehead atoms. The van der Waals surface area contributed by atoms with Crippen LogP contribution in [-0.2, 0) is 16.0 Å². The van der Waals surface area contributed by atoms with Crippen LogP contribution in [0.2, 0.25) is 0 Å². The van der Waals surface area contributed by atoms with Gasteiger partial charge in [0.25, 0.3) is 11.7 Å². The number of likely N-dealkylation sites (N-methyl/N-ethyl adjacent to an activating group) is 1. The minimum Gasteiger partial charge on any atom is -0.507 e. The second-order valence-corrected chi connectivity index (χ2v) is 8.53. The number of carbonyl (C=O) groups is 2. The first-order chi connectivity index (χ1) is 15.8. The lowest BCUT2D eigenvalue weighted by Crippen LogP contribution is -2.38. The van der Waals surface area contributed by atoms with Crippen LogP contribution in [0.1, 0.15) is 43.5 Å². The largest absolute Gasteiger partial charge is 0.507 e. The lowest BCUT2D eigenvalue weighted by atomic mass is 9.94. The van der Waals surface area contributed by atoms with Gasteiger partial charge in [-0.2, -0.15) is 0 Å². The fraction of sp³-hybridized carbons (Fsp3) is 0.385. The van der Waals surface area contributed by atoms with Crippen molar-refractivity contribution < 1.29 is 23.8 Å². The van der Waals surface area contributed by atoms with E-state index in [2.05, 4.69) is 4.90 Å². The summed E-state index contributed by atoms with van der Waals surface area (Å²) in [5, 5.41) is 11.2. The van der Waals surface area contributed by atoms with Crippen LogP contribution in [0, 0.1) is 5.82 Å². The van der Waals surface area contributed by atoms with Gasteiger partial charge in [-0.05, 0) is 61.5 Å². The summed E-state index contributed by atoms with van der Waals surface area (Å²) < 4.78 is 19.4. The SMILES string of the molecule is CCN(CC)CCN1C(=O)C(=O)C(=C(O)c2ccc3c(c2)CC(C)O3)C1c1ccc(F)cc1. The number of aliphatic hydroxyl groups is 1. The average Bonchev–Trinajstić information content (AvgIpc) is 3.30. The van der Waals surface area contributed by atoms with Gasteiger partial charge in [0.15, 0.2) is 0 Å². The smallest absolute Gasteiger partial charge is 0.295 e. The third kappa shape index (κ3) is 4.37. The summed E-state index contributed by atoms with van der Waals surface area (Å²) in [5.41, 5.74) is 2.01. The highest BCUT2D eigenvalue weighted by Crippen LogP contribution is 2.40. The third-order valence-electron chi connectivity index (χ3n) is 6.45. The van der Waals surface area contributed by atoms with E-state index in [0.29, 0.717) is 30.6 Å². The van der Waals surface area contributed by atoms with Gasteiger partial charge in [0.2, 0.25) is 0 Å². The molecule has 2 aromatic rings. The molecule has 1 fully saturated rings. The van der Waals surface area contributed by atoms with Crippen molar-refractivity contribution in [3.05, 3.63) is 70.5 Å². The monoisotopic (exact) mass is 452 g/mol. The van der Waals surface area contributed by atoms with Crippen LogP contribution in [0.15, 0.2) is 48.0 Å². The van der Waals surface area contributed by atoms with Crippen LogP contribution in [0.25, 0.3) is 5.76 Å². The summed E-state index contributed by atoms with van der Waals surface area (Å²) in [6.07, 6.45) is 0.748. The molecule has 0 saturated carbocycles. The van der Waals surface area contributed by atoms with E-state index in [1.165, 1.54) is 17.0 Å². The van der Waals surface area contributed by atoms with Gasteiger partial charge in [0.1, 0.15) is 23.4 Å². The lowest BCUT2D eigenvalue weighted by molar-refractivity contribution is -0.140. The van der Waals surface area contributed by atoms with Crippen LogP contribution in [-0.4, -0.2) is 58.9 Å². The van der Waals surface area contributed by atoms with Crippen molar-refractivity contribution in [3.63, 3.8) is 0 Å². The predicted octanol–water partition coefficient (Wildman–Crippen LogP) is 3.91. The van der Waals surface area contributed by atoms with Gasteiger partial charge in [-0.15, -0.1) is 0 Å². The molecule has 6 nitrogen and oxygen atoms in total. The Kier molecular flexibility index (Phi) is 6.51. The van der Waals surface area contributed by atoms with Gasteiger partial charge in [-0.3, -0.25) is 9.59 Å². The second-order valence-electron chi connectivity index (χ2n) is 8.53. The number of benzene rings is 2. The lowest BCUT2D eigenvalue weighted by Gasteiger charge is -2.28. The van der Waals surface area contributed by atoms with Gasteiger partial charge in [0.05, 0.1) is 11.6 Å². The van der Waals surface area contributed by atoms with Crippen LogP contribution in [0.4, 0.5) is 4.39 Å². The highest BCUT2D eigenvalue weighted by molar-refractivity contribution is 6.46. The molecule has 0 aliphatic carbocycles. The zero-order chi connectivity index (χ0) is 23.7. The van der Waals surface area contributed by atoms with E-state index in [1.54, 1.807) is 30.3 Å². The first-order valence-electron chi connectivity index (χ1n) is 11.4. The summed E-state index contributed by atoms with van der Waals surface area (Å²) in [6, 6.07) is 10.2. The molecule has 1 N–H and O–H groups in total. The van der Waals surface area contributed by atoms with E-state index in [4.69, 9.17) is 4.74 Å². The Bertz CT molecular complexity index is 1090. The van der Waals surface area contributed by atoms with E-state index in [9.17, 15) is 19.1 Å². The molecule has 4 rings (SSSR count). The van der Waals surface area contributed by atoms with Gasteiger partial charge < -0.3 is 19.6 Å². The topological polar surface area (TPSA) is 70.1 Å². The minimum absolute atomic E-state index is 0.0260. The van der Waals surface area contributed by atoms with E-state index >= 15 is 0 Å². The highest BCUT2D eigenvalue weighted by atomic mass is 19.1. The number of fused-ring (bicyclic) bond motifs is 1. The third-order valence-corrected chi connectivity index (χ3v) is 6.45. The van der Waals surface area contributed by atoms with Crippen molar-refractivity contribution in [2.24, 2.45) is 0 Å². The molecule has 0 spiro atoms. The molecule has 2 aliphatic heterocycles. The quantitative estimate of drug-likeness (QED) is 0.392. The fourth-order valence-corrected chi connectivity index (χ4v) is 4.62. The Morgan fingerprint density at radius 2 is 1.85 bits per heavy atom. The molecule has 2 heterocycles. The number of hydrogen-bond acceptors (Lipinski definition) is 5. The van der Waals surface area contributed by atoms with Crippen LogP contribution < -0.4 is 4.74 Å². The van der Waals surface area contributed by atoms with Crippen molar-refractivity contribution in [2.75, 3.05) is 26.2 Å². The molecule has 7 heteroatoms. The maximum absolute atomic E-state index is 13.6. The van der Waals surface area contributed by atoms with E-state index in [-0.39, 0.29) is 17.4 Å². The summed E-state index contributed by atoms with van der Waals surface area (Å²) in [5.74, 6) is -1.27. The Morgan fingerprint density at radius 1 is 1.15 bits per heavy atom. The Labute approximate surface area is 193 Å². The number of ketones is 1. The summed E-state index contributed by atoms with van der Waals surface area (Å²) in [7, 11) is 0. The van der Waals surface area contributed by atoms with Crippen molar-refractivity contribution in [3.8, 4) is 5.75 Å². The number of rotatable bonds is 7. The Balaban J connectivity index is 1.77. The minimum atomic E-state index is -0.787. The van der Waals surface area contributed by atoms with Gasteiger partial charge in [-0.1, -0.05) is 26.0 Å². The number of likely N-dealkylation sites (tertiary alicyclic amines) is 1. The van der Waals surface area contributed by atoms with Gasteiger partial charge >= 0.3 is 0 Å². The Hall–Kier alpha value is -3.19. The van der Waals surface area contributed by atoms with Gasteiger partial charge in [-0.25, -0.2) is 4.39 Å². The molecule has 2 unspecified atom stereocenters. The highest BCUT2D eigenvalue weighted by Gasteiger charge is 2.46. The molecule has 2 atom stereocenters. The molecule has 2 aliphatic rings. The molecule has 1 saturated heterocycles. The number of nitrogens with zero attached hydrogens (tertiary/aromatic N) is 2. The van der Waals surface area contributed by atoms with E-state index in [1.807, 2.05) is 20.8 Å². The number of carbonyl (C=O) groups excluding carboxylic acids is 2. The van der Waals surface area contributed by atoms with Gasteiger partial charge in [0, 0.05) is 25.1 Å². The first-order valence-corrected chi connectivity index (χ1v) is 11.4. The fourth-order valence-electron chi connectivity index (χ4n) is 4.62. The molecular formula is C26H29FN2O4. The average molecular weight is 453 g/mol. The van der Waals surface area contributed by atoms with Crippen LogP contribution in [0.3, 0.4) is 0 Å². The predicted molar refractivity (Wildman–Crippen MR) is 123 cm³/mol. The summed E-state index contributed by atoms with van der Waals surface area (Å²) >= 11 is 0. The number of aliphatic hydroxyl groups excluding tert-OH is 1. The first kappa shape index (κ1) is 23.0. The molecule has 0 radical (unpaired) electrons. The van der Waals surface area contributed by atoms with E-state index in [0.717, 1.165) is 24.4 Å². The molecule has 2 aromatic carbocycles. The zero-order valence-electron chi connectivity index (χ0n) is 19.2. The molecule has 174 valence electrons. The van der Waals surface area contributed by atoms with Crippen LogP contribution >= 0.6 is 0 Å². The molecule has 1 amide bonds. The standard InChI is InChI=1S/C26H29FN2O4/c1-4-28(5-2)12-13-29-23(17-6-9-20(27)10-7-17)22(25(31)26(29)32)24(30)18-8-11-21-19(15-18)14-16(3)33-21/h6-11,15-16,23,30H,4-5,12-14H2,1-3H3.